The van der Waals surface area contributed by atoms with Crippen LogP contribution in [0.4, 0.5) is 0 Å². The van der Waals surface area contributed by atoms with Crippen molar-refractivity contribution in [3.8, 4) is 0 Å². The largest absolute Gasteiger partial charge is 0.296 e. The minimum Gasteiger partial charge on any atom is -0.296 e. The molecule has 2 heterocycles. The number of hydrogen-bond acceptors (Lipinski definition) is 3. The predicted octanol–water partition coefficient (Wildman–Crippen LogP) is 5.60. The van der Waals surface area contributed by atoms with Gasteiger partial charge in [-0.05, 0) is 60.7 Å². The minimum atomic E-state index is -3.23. The second-order valence-electron chi connectivity index (χ2n) is 12.2. The molecule has 0 aliphatic carbocycles. The van der Waals surface area contributed by atoms with E-state index < -0.39 is 22.0 Å². The highest BCUT2D eigenvalue weighted by atomic mass is 31.2. The van der Waals surface area contributed by atoms with Crippen molar-refractivity contribution in [3.63, 3.8) is 0 Å². The highest BCUT2D eigenvalue weighted by Gasteiger charge is 2.46. The first-order valence-corrected chi connectivity index (χ1v) is 21.5. The third-order valence-electron chi connectivity index (χ3n) is 9.55. The van der Waals surface area contributed by atoms with E-state index in [4.69, 9.17) is 0 Å². The van der Waals surface area contributed by atoms with Crippen molar-refractivity contribution in [2.45, 2.75) is 0 Å². The zero-order valence-electron chi connectivity index (χ0n) is 26.9. The van der Waals surface area contributed by atoms with Crippen LogP contribution in [-0.2, 0) is 13.7 Å². The van der Waals surface area contributed by atoms with Gasteiger partial charge < -0.3 is 0 Å². The zero-order chi connectivity index (χ0) is 33.0. The maximum atomic E-state index is 15.6. The fourth-order valence-electron chi connectivity index (χ4n) is 7.08. The summed E-state index contributed by atoms with van der Waals surface area (Å²) in [6.45, 7) is 4.16. The van der Waals surface area contributed by atoms with Gasteiger partial charge >= 0.3 is 0 Å². The van der Waals surface area contributed by atoms with Crippen LogP contribution in [0.5, 0.6) is 0 Å². The molecule has 2 saturated heterocycles. The van der Waals surface area contributed by atoms with Gasteiger partial charge in [-0.15, -0.1) is 0 Å². The lowest BCUT2D eigenvalue weighted by atomic mass is 10.4. The van der Waals surface area contributed by atoms with Crippen molar-refractivity contribution in [2.75, 3.05) is 52.4 Å². The molecule has 0 atom stereocenters. The third kappa shape index (κ3) is 6.04. The van der Waals surface area contributed by atoms with Gasteiger partial charge in [0.05, 0.1) is 0 Å². The van der Waals surface area contributed by atoms with Gasteiger partial charge in [0.1, 0.15) is 0 Å². The van der Waals surface area contributed by atoms with Gasteiger partial charge in [-0.2, -0.15) is 0 Å². The van der Waals surface area contributed by atoms with Crippen molar-refractivity contribution >= 4 is 48.6 Å². The second-order valence-corrected chi connectivity index (χ2v) is 20.4. The van der Waals surface area contributed by atoms with Crippen LogP contribution < -0.4 is 26.5 Å². The molecule has 7 nitrogen and oxygen atoms in total. The fourth-order valence-corrected chi connectivity index (χ4v) is 15.8. The Morgan fingerprint density at radius 2 is 0.500 bits per heavy atom. The van der Waals surface area contributed by atoms with Gasteiger partial charge in [-0.25, -0.2) is 18.7 Å². The lowest BCUT2D eigenvalue weighted by Gasteiger charge is -2.47. The first-order chi connectivity index (χ1) is 23.4. The van der Waals surface area contributed by atoms with E-state index in [0.29, 0.717) is 52.4 Å². The van der Waals surface area contributed by atoms with Crippen LogP contribution in [0.3, 0.4) is 0 Å². The molecule has 2 aliphatic heterocycles. The average molecular weight is 695 g/mol. The monoisotopic (exact) mass is 694 g/mol. The zero-order valence-corrected chi connectivity index (χ0v) is 29.6. The molecular weight excluding hydrogens is 653 g/mol. The maximum absolute atomic E-state index is 15.6. The van der Waals surface area contributed by atoms with Gasteiger partial charge in [-0.1, -0.05) is 91.0 Å². The van der Waals surface area contributed by atoms with Crippen molar-refractivity contribution in [1.82, 2.24) is 18.7 Å². The first-order valence-electron chi connectivity index (χ1n) is 16.5. The van der Waals surface area contributed by atoms with E-state index in [1.807, 2.05) is 152 Å². The van der Waals surface area contributed by atoms with Crippen LogP contribution in [0.2, 0.25) is 0 Å². The van der Waals surface area contributed by atoms with Gasteiger partial charge in [0.2, 0.25) is 22.0 Å². The molecule has 0 unspecified atom stereocenters. The molecule has 2 fully saturated rings. The van der Waals surface area contributed by atoms with Crippen molar-refractivity contribution in [2.24, 2.45) is 0 Å². The summed E-state index contributed by atoms with van der Waals surface area (Å²) in [7, 11) is -9.44. The Balaban J connectivity index is 1.16. The SMILES string of the molecule is O=P(c1ccccc1)(c1ccccc1)N1CCN(P(=O)(c2ccccc2)N2CCN(P(=O)(c3ccccc3)c3ccccc3)CC2)CC1. The van der Waals surface area contributed by atoms with Crippen LogP contribution in [0.25, 0.3) is 0 Å². The third-order valence-corrected chi connectivity index (χ3v) is 19.2. The smallest absolute Gasteiger partial charge is 0.245 e. The van der Waals surface area contributed by atoms with Crippen molar-refractivity contribution < 1.29 is 13.7 Å². The molecule has 0 spiro atoms. The van der Waals surface area contributed by atoms with Crippen LogP contribution in [0.15, 0.2) is 152 Å². The lowest BCUT2D eigenvalue weighted by molar-refractivity contribution is 0.229. The van der Waals surface area contributed by atoms with E-state index in [2.05, 4.69) is 18.7 Å². The molecule has 48 heavy (non-hydrogen) atoms. The molecule has 0 N–H and O–H groups in total. The van der Waals surface area contributed by atoms with Gasteiger partial charge in [-0.3, -0.25) is 13.7 Å². The number of piperazine rings is 2. The molecule has 0 radical (unpaired) electrons. The van der Waals surface area contributed by atoms with Gasteiger partial charge in [0, 0.05) is 78.9 Å². The fraction of sp³-hybridized carbons (Fsp3) is 0.211. The summed E-state index contributed by atoms with van der Waals surface area (Å²) in [5.41, 5.74) is 0. The van der Waals surface area contributed by atoms with Gasteiger partial charge in [0.15, 0.2) is 0 Å². The summed E-state index contributed by atoms with van der Waals surface area (Å²) in [6, 6.07) is 48.8. The molecule has 5 aromatic rings. The molecule has 0 saturated carbocycles. The van der Waals surface area contributed by atoms with Gasteiger partial charge in [0.25, 0.3) is 0 Å². The van der Waals surface area contributed by atoms with Crippen LogP contribution in [-0.4, -0.2) is 71.0 Å². The van der Waals surface area contributed by atoms with E-state index in [9.17, 15) is 0 Å². The number of benzene rings is 5. The minimum absolute atomic E-state index is 0.516. The maximum Gasteiger partial charge on any atom is 0.245 e. The predicted molar refractivity (Wildman–Crippen MR) is 199 cm³/mol. The summed E-state index contributed by atoms with van der Waals surface area (Å²) in [6.07, 6.45) is 0. The van der Waals surface area contributed by atoms with Crippen LogP contribution >= 0.6 is 22.0 Å². The van der Waals surface area contributed by atoms with Crippen LogP contribution in [0, 0.1) is 0 Å². The molecule has 2 aliphatic rings. The molecule has 0 amide bonds. The second kappa shape index (κ2) is 14.2. The summed E-state index contributed by atoms with van der Waals surface area (Å²) in [4.78, 5) is 0. The summed E-state index contributed by atoms with van der Waals surface area (Å²) in [5.74, 6) is 0. The highest BCUT2D eigenvalue weighted by molar-refractivity contribution is 7.77. The molecule has 246 valence electrons. The first kappa shape index (κ1) is 33.1. The average Bonchev–Trinajstić information content (AvgIpc) is 3.19. The Morgan fingerprint density at radius 3 is 0.750 bits per heavy atom. The quantitative estimate of drug-likeness (QED) is 0.186. The standard InChI is InChI=1S/C38H41N4O3P3/c43-46(34-16-6-1-7-17-34,35-18-8-2-9-19-35)39-26-30-41(31-27-39)48(45,38-24-14-5-15-25-38)42-32-28-40(29-33-42)47(44,36-20-10-3-11-21-36)37-22-12-4-13-23-37/h1-25H,26-33H2. The van der Waals surface area contributed by atoms with E-state index in [1.165, 1.54) is 0 Å². The van der Waals surface area contributed by atoms with Crippen LogP contribution in [0.1, 0.15) is 0 Å². The topological polar surface area (TPSA) is 64.2 Å². The molecule has 7 rings (SSSR count). The Kier molecular flexibility index (Phi) is 9.83. The summed E-state index contributed by atoms with van der Waals surface area (Å²) >= 11 is 0. The van der Waals surface area contributed by atoms with E-state index >= 15 is 13.7 Å². The Hall–Kier alpha value is -3.37. The molecule has 0 aromatic heterocycles. The van der Waals surface area contributed by atoms with E-state index in [1.54, 1.807) is 0 Å². The number of rotatable bonds is 9. The Bertz CT molecular complexity index is 1730. The highest BCUT2D eigenvalue weighted by Crippen LogP contribution is 2.57. The lowest BCUT2D eigenvalue weighted by Crippen LogP contribution is -2.53. The molecule has 10 heteroatoms. The number of hydrogen-bond donors (Lipinski definition) is 0. The summed E-state index contributed by atoms with van der Waals surface area (Å²) in [5, 5.41) is 4.05. The molecular formula is C38H41N4O3P3. The number of nitrogens with zero attached hydrogens (tertiary/aromatic N) is 4. The normalized spacial score (nSPS) is 17.7. The van der Waals surface area contributed by atoms with E-state index in [0.717, 1.165) is 26.5 Å². The molecule has 0 bridgehead atoms. The molecule has 5 aromatic carbocycles. The Labute approximate surface area is 284 Å². The van der Waals surface area contributed by atoms with Crippen molar-refractivity contribution in [3.05, 3.63) is 152 Å². The summed E-state index contributed by atoms with van der Waals surface area (Å²) < 4.78 is 54.2. The van der Waals surface area contributed by atoms with Crippen molar-refractivity contribution in [1.29, 1.82) is 0 Å². The Morgan fingerprint density at radius 1 is 0.292 bits per heavy atom. The van der Waals surface area contributed by atoms with E-state index in [-0.39, 0.29) is 0 Å².